The zero-order valence-electron chi connectivity index (χ0n) is 10.8. The first-order valence-corrected chi connectivity index (χ1v) is 7.39. The molecule has 0 aliphatic carbocycles. The van der Waals surface area contributed by atoms with E-state index in [9.17, 15) is 0 Å². The molecule has 3 aliphatic heterocycles. The van der Waals surface area contributed by atoms with Crippen molar-refractivity contribution < 1.29 is 18.9 Å². The molecule has 0 N–H and O–H groups in total. The topological polar surface area (TPSA) is 36.9 Å². The minimum atomic E-state index is -0.143. The normalized spacial score (nSPS) is 36.1. The Morgan fingerprint density at radius 1 is 1.37 bits per heavy atom. The highest BCUT2D eigenvalue weighted by Gasteiger charge is 2.36. The number of rotatable bonds is 2. The van der Waals surface area contributed by atoms with E-state index < -0.39 is 0 Å². The van der Waals surface area contributed by atoms with E-state index in [0.29, 0.717) is 17.4 Å². The van der Waals surface area contributed by atoms with Gasteiger partial charge in [-0.1, -0.05) is 28.4 Å². The molecule has 3 heterocycles. The molecule has 0 aromatic heterocycles. The van der Waals surface area contributed by atoms with Crippen LogP contribution in [-0.2, 0) is 18.9 Å². The van der Waals surface area contributed by atoms with Crippen molar-refractivity contribution in [3.05, 3.63) is 12.3 Å². The Morgan fingerprint density at radius 3 is 2.79 bits per heavy atom. The van der Waals surface area contributed by atoms with Crippen LogP contribution < -0.4 is 0 Å². The SMILES string of the molecule is C#CCOC1OCCC1Br.C=C1CC2CCOC2O1. The number of terminal acetylenes is 1. The Bertz CT molecular complexity index is 338. The van der Waals surface area contributed by atoms with Crippen molar-refractivity contribution in [1.82, 2.24) is 0 Å². The summed E-state index contributed by atoms with van der Waals surface area (Å²) < 4.78 is 20.9. The summed E-state index contributed by atoms with van der Waals surface area (Å²) in [6, 6.07) is 0. The van der Waals surface area contributed by atoms with E-state index in [1.165, 1.54) is 0 Å². The first-order valence-electron chi connectivity index (χ1n) is 6.47. The standard InChI is InChI=1S/C7H9BrO2.C7H10O2/c1-2-4-9-7-6(8)3-5-10-7;1-5-4-6-2-3-8-7(6)9-5/h1,6-7H,3-5H2;6-7H,1-4H2. The van der Waals surface area contributed by atoms with E-state index in [1.54, 1.807) is 0 Å². The average molecular weight is 331 g/mol. The van der Waals surface area contributed by atoms with Crippen LogP contribution in [0.15, 0.2) is 12.3 Å². The second-order valence-electron chi connectivity index (χ2n) is 4.71. The molecule has 3 saturated heterocycles. The van der Waals surface area contributed by atoms with Gasteiger partial charge < -0.3 is 18.9 Å². The zero-order valence-corrected chi connectivity index (χ0v) is 12.4. The van der Waals surface area contributed by atoms with Gasteiger partial charge in [-0.2, -0.15) is 0 Å². The highest BCUT2D eigenvalue weighted by Crippen LogP contribution is 2.35. The molecular formula is C14H19BrO4. The van der Waals surface area contributed by atoms with Gasteiger partial charge in [0.2, 0.25) is 6.29 Å². The molecule has 0 radical (unpaired) electrons. The predicted octanol–water partition coefficient (Wildman–Crippen LogP) is 2.43. The van der Waals surface area contributed by atoms with Crippen molar-refractivity contribution in [2.24, 2.45) is 5.92 Å². The van der Waals surface area contributed by atoms with Gasteiger partial charge in [-0.3, -0.25) is 0 Å². The lowest BCUT2D eigenvalue weighted by atomic mass is 10.1. The molecule has 4 unspecified atom stereocenters. The van der Waals surface area contributed by atoms with Gasteiger partial charge in [0.15, 0.2) is 6.29 Å². The third-order valence-corrected chi connectivity index (χ3v) is 4.12. The van der Waals surface area contributed by atoms with Crippen LogP contribution >= 0.6 is 15.9 Å². The van der Waals surface area contributed by atoms with Gasteiger partial charge in [0.1, 0.15) is 6.61 Å². The molecule has 19 heavy (non-hydrogen) atoms. The number of halogens is 1. The summed E-state index contributed by atoms with van der Waals surface area (Å²) in [4.78, 5) is 0.306. The molecule has 0 bridgehead atoms. The zero-order chi connectivity index (χ0) is 13.7. The van der Waals surface area contributed by atoms with Gasteiger partial charge in [0, 0.05) is 12.3 Å². The Balaban J connectivity index is 0.000000141. The average Bonchev–Trinajstić information content (AvgIpc) is 3.04. The summed E-state index contributed by atoms with van der Waals surface area (Å²) in [7, 11) is 0. The molecule has 0 aromatic carbocycles. The van der Waals surface area contributed by atoms with Gasteiger partial charge >= 0.3 is 0 Å². The van der Waals surface area contributed by atoms with E-state index in [0.717, 1.165) is 38.2 Å². The lowest BCUT2D eigenvalue weighted by molar-refractivity contribution is -0.0961. The van der Waals surface area contributed by atoms with E-state index >= 15 is 0 Å². The number of fused-ring (bicyclic) bond motifs is 1. The first-order chi connectivity index (χ1) is 9.20. The summed E-state index contributed by atoms with van der Waals surface area (Å²) in [5.41, 5.74) is 0. The summed E-state index contributed by atoms with van der Waals surface area (Å²) in [6.07, 6.45) is 8.06. The Morgan fingerprint density at radius 2 is 2.16 bits per heavy atom. The maximum Gasteiger partial charge on any atom is 0.202 e. The van der Waals surface area contributed by atoms with E-state index in [1.807, 2.05) is 0 Å². The molecule has 0 amide bonds. The molecular weight excluding hydrogens is 312 g/mol. The summed E-state index contributed by atoms with van der Waals surface area (Å²) >= 11 is 3.42. The number of hydrogen-bond acceptors (Lipinski definition) is 4. The van der Waals surface area contributed by atoms with Crippen molar-refractivity contribution in [2.45, 2.75) is 36.7 Å². The first kappa shape index (κ1) is 14.9. The van der Waals surface area contributed by atoms with E-state index in [2.05, 4.69) is 28.4 Å². The summed E-state index contributed by atoms with van der Waals surface area (Å²) in [6.45, 7) is 5.68. The highest BCUT2D eigenvalue weighted by molar-refractivity contribution is 9.09. The third kappa shape index (κ3) is 4.22. The second kappa shape index (κ2) is 7.30. The van der Waals surface area contributed by atoms with Gasteiger partial charge in [-0.25, -0.2) is 0 Å². The van der Waals surface area contributed by atoms with Gasteiger partial charge in [0.05, 0.1) is 23.8 Å². The van der Waals surface area contributed by atoms with Crippen LogP contribution in [0, 0.1) is 18.3 Å². The van der Waals surface area contributed by atoms with Crippen LogP contribution in [0.4, 0.5) is 0 Å². The maximum absolute atomic E-state index is 5.27. The van der Waals surface area contributed by atoms with Crippen LogP contribution in [0.1, 0.15) is 19.3 Å². The lowest BCUT2D eigenvalue weighted by Crippen LogP contribution is -2.19. The lowest BCUT2D eigenvalue weighted by Gasteiger charge is -2.11. The molecule has 0 saturated carbocycles. The molecule has 4 atom stereocenters. The van der Waals surface area contributed by atoms with Crippen molar-refractivity contribution in [3.63, 3.8) is 0 Å². The van der Waals surface area contributed by atoms with Crippen LogP contribution in [0.25, 0.3) is 0 Å². The quantitative estimate of drug-likeness (QED) is 0.575. The molecule has 3 rings (SSSR count). The molecule has 5 heteroatoms. The number of hydrogen-bond donors (Lipinski definition) is 0. The summed E-state index contributed by atoms with van der Waals surface area (Å²) in [5, 5.41) is 0. The molecule has 0 spiro atoms. The monoisotopic (exact) mass is 330 g/mol. The number of allylic oxidation sites excluding steroid dienone is 1. The van der Waals surface area contributed by atoms with E-state index in [-0.39, 0.29) is 12.6 Å². The smallest absolute Gasteiger partial charge is 0.202 e. The molecule has 4 nitrogen and oxygen atoms in total. The molecule has 3 aliphatic rings. The van der Waals surface area contributed by atoms with Gasteiger partial charge in [-0.05, 0) is 12.8 Å². The van der Waals surface area contributed by atoms with Crippen LogP contribution in [-0.4, -0.2) is 37.2 Å². The minimum Gasteiger partial charge on any atom is -0.470 e. The Kier molecular flexibility index (Phi) is 5.71. The van der Waals surface area contributed by atoms with Crippen molar-refractivity contribution in [2.75, 3.05) is 19.8 Å². The van der Waals surface area contributed by atoms with Crippen LogP contribution in [0.2, 0.25) is 0 Å². The van der Waals surface area contributed by atoms with Gasteiger partial charge in [0.25, 0.3) is 0 Å². The minimum absolute atomic E-state index is 0.0532. The van der Waals surface area contributed by atoms with Gasteiger partial charge in [-0.15, -0.1) is 6.42 Å². The summed E-state index contributed by atoms with van der Waals surface area (Å²) in [5.74, 6) is 3.89. The van der Waals surface area contributed by atoms with Crippen molar-refractivity contribution >= 4 is 15.9 Å². The number of ether oxygens (including phenoxy) is 4. The van der Waals surface area contributed by atoms with Crippen LogP contribution in [0.5, 0.6) is 0 Å². The molecule has 3 fully saturated rings. The Labute approximate surface area is 122 Å². The fourth-order valence-electron chi connectivity index (χ4n) is 2.26. The molecule has 106 valence electrons. The fraction of sp³-hybridized carbons (Fsp3) is 0.714. The largest absolute Gasteiger partial charge is 0.470 e. The van der Waals surface area contributed by atoms with Crippen LogP contribution in [0.3, 0.4) is 0 Å². The maximum atomic E-state index is 5.27. The van der Waals surface area contributed by atoms with Crippen molar-refractivity contribution in [1.29, 1.82) is 0 Å². The third-order valence-electron chi connectivity index (χ3n) is 3.23. The number of alkyl halides is 1. The Hall–Kier alpha value is -0.540. The van der Waals surface area contributed by atoms with E-state index in [4.69, 9.17) is 25.4 Å². The second-order valence-corrected chi connectivity index (χ2v) is 5.88. The fourth-order valence-corrected chi connectivity index (χ4v) is 2.75. The highest BCUT2D eigenvalue weighted by atomic mass is 79.9. The molecule has 0 aromatic rings. The predicted molar refractivity (Wildman–Crippen MR) is 74.5 cm³/mol. The van der Waals surface area contributed by atoms with Crippen molar-refractivity contribution in [3.8, 4) is 12.3 Å².